The third-order valence-corrected chi connectivity index (χ3v) is 4.73. The van der Waals surface area contributed by atoms with Crippen molar-refractivity contribution in [2.45, 2.75) is 6.54 Å². The lowest BCUT2D eigenvalue weighted by Gasteiger charge is -2.09. The number of carbonyl (C=O) groups excluding carboxylic acids is 1. The van der Waals surface area contributed by atoms with Gasteiger partial charge in [0.05, 0.1) is 13.4 Å². The molecule has 0 saturated carbocycles. The molecule has 0 spiro atoms. The van der Waals surface area contributed by atoms with E-state index in [2.05, 4.69) is 15.7 Å². The molecule has 0 bridgehead atoms. The van der Waals surface area contributed by atoms with Gasteiger partial charge in [0.1, 0.15) is 17.3 Å². The summed E-state index contributed by atoms with van der Waals surface area (Å²) in [5.74, 6) is 2.06. The molecule has 0 fully saturated rings. The topological polar surface area (TPSA) is 81.3 Å². The fourth-order valence-corrected chi connectivity index (χ4v) is 3.07. The zero-order valence-corrected chi connectivity index (χ0v) is 16.8. The number of furan rings is 1. The van der Waals surface area contributed by atoms with Gasteiger partial charge in [-0.3, -0.25) is 10.00 Å². The fourth-order valence-electron chi connectivity index (χ4n) is 3.07. The van der Waals surface area contributed by atoms with E-state index in [-0.39, 0.29) is 6.03 Å². The summed E-state index contributed by atoms with van der Waals surface area (Å²) < 4.78 is 12.1. The summed E-state index contributed by atoms with van der Waals surface area (Å²) in [7, 11) is 3.42. The van der Waals surface area contributed by atoms with E-state index in [1.807, 2.05) is 54.6 Å². The molecule has 2 heterocycles. The molecule has 30 heavy (non-hydrogen) atoms. The molecule has 2 amide bonds. The van der Waals surface area contributed by atoms with E-state index >= 15 is 0 Å². The highest BCUT2D eigenvalue weighted by Crippen LogP contribution is 2.23. The lowest BCUT2D eigenvalue weighted by Crippen LogP contribution is -2.29. The Kier molecular flexibility index (Phi) is 5.52. The molecule has 0 aliphatic heterocycles. The second kappa shape index (κ2) is 8.57. The largest absolute Gasteiger partial charge is 0.497 e. The maximum absolute atomic E-state index is 12.3. The Morgan fingerprint density at radius 2 is 1.77 bits per heavy atom. The number of hydrogen-bond donors (Lipinski definition) is 2. The molecule has 2 N–H and O–H groups in total. The van der Waals surface area contributed by atoms with E-state index in [0.29, 0.717) is 23.8 Å². The van der Waals surface area contributed by atoms with Crippen molar-refractivity contribution >= 4 is 11.8 Å². The number of urea groups is 1. The number of carbonyl (C=O) groups is 1. The number of nitrogens with zero attached hydrogens (tertiary/aromatic N) is 2. The van der Waals surface area contributed by atoms with Crippen LogP contribution in [0.5, 0.6) is 5.75 Å². The number of aromatic nitrogens is 2. The van der Waals surface area contributed by atoms with Crippen molar-refractivity contribution in [2.24, 2.45) is 7.05 Å². The molecule has 0 atom stereocenters. The van der Waals surface area contributed by atoms with E-state index < -0.39 is 0 Å². The number of ether oxygens (including phenoxy) is 1. The summed E-state index contributed by atoms with van der Waals surface area (Å²) in [4.78, 5) is 12.3. The molecular formula is C23H22N4O3. The van der Waals surface area contributed by atoms with E-state index in [9.17, 15) is 4.79 Å². The normalized spacial score (nSPS) is 10.6. The van der Waals surface area contributed by atoms with Crippen molar-refractivity contribution in [3.05, 3.63) is 78.6 Å². The van der Waals surface area contributed by atoms with Crippen molar-refractivity contribution in [3.63, 3.8) is 0 Å². The Morgan fingerprint density at radius 3 is 2.40 bits per heavy atom. The Labute approximate surface area is 174 Å². The maximum atomic E-state index is 12.3. The minimum Gasteiger partial charge on any atom is -0.497 e. The van der Waals surface area contributed by atoms with Gasteiger partial charge in [-0.15, -0.1) is 0 Å². The first-order chi connectivity index (χ1) is 14.6. The molecule has 4 rings (SSSR count). The van der Waals surface area contributed by atoms with Gasteiger partial charge in [-0.2, -0.15) is 5.10 Å². The van der Waals surface area contributed by atoms with Crippen molar-refractivity contribution in [1.82, 2.24) is 15.1 Å². The van der Waals surface area contributed by atoms with Crippen LogP contribution in [0.15, 0.2) is 77.4 Å². The smallest absolute Gasteiger partial charge is 0.320 e. The van der Waals surface area contributed by atoms with Crippen LogP contribution in [-0.4, -0.2) is 22.9 Å². The van der Waals surface area contributed by atoms with Gasteiger partial charge >= 0.3 is 6.03 Å². The molecule has 7 nitrogen and oxygen atoms in total. The second-order valence-corrected chi connectivity index (χ2v) is 6.75. The number of anilines is 1. The molecule has 7 heteroatoms. The molecule has 0 aliphatic rings. The zero-order valence-electron chi connectivity index (χ0n) is 16.8. The highest BCUT2D eigenvalue weighted by molar-refractivity contribution is 5.88. The van der Waals surface area contributed by atoms with Crippen LogP contribution in [0.3, 0.4) is 0 Å². The van der Waals surface area contributed by atoms with Crippen LogP contribution in [0.4, 0.5) is 10.6 Å². The Balaban J connectivity index is 1.34. The Hall–Kier alpha value is -4.00. The van der Waals surface area contributed by atoms with Gasteiger partial charge < -0.3 is 14.5 Å². The Bertz CT molecular complexity index is 1110. The molecule has 2 aromatic carbocycles. The van der Waals surface area contributed by atoms with Crippen molar-refractivity contribution in [2.75, 3.05) is 12.4 Å². The fraction of sp³-hybridized carbons (Fsp3) is 0.130. The van der Waals surface area contributed by atoms with Gasteiger partial charge in [0, 0.05) is 19.7 Å². The standard InChI is InChI=1S/C23H22N4O3/c1-27-22(14-20(26-27)21-4-3-13-30-21)25-23(28)24-15-16-5-7-17(8-6-16)18-9-11-19(29-2)12-10-18/h3-14H,15H2,1-2H3,(H2,24,25,28). The van der Waals surface area contributed by atoms with Crippen LogP contribution in [0.1, 0.15) is 5.56 Å². The number of nitrogens with one attached hydrogen (secondary N) is 2. The quantitative estimate of drug-likeness (QED) is 0.491. The van der Waals surface area contributed by atoms with Gasteiger partial charge in [-0.25, -0.2) is 4.79 Å². The SMILES string of the molecule is COc1ccc(-c2ccc(CNC(=O)Nc3cc(-c4ccco4)nn3C)cc2)cc1. The number of amides is 2. The van der Waals surface area contributed by atoms with E-state index in [0.717, 1.165) is 22.4 Å². The lowest BCUT2D eigenvalue weighted by atomic mass is 10.0. The summed E-state index contributed by atoms with van der Waals surface area (Å²) in [6, 6.07) is 21.1. The van der Waals surface area contributed by atoms with Gasteiger partial charge in [-0.1, -0.05) is 36.4 Å². The number of rotatable bonds is 6. The Morgan fingerprint density at radius 1 is 1.07 bits per heavy atom. The minimum absolute atomic E-state index is 0.303. The average Bonchev–Trinajstić information content (AvgIpc) is 3.43. The predicted molar refractivity (Wildman–Crippen MR) is 115 cm³/mol. The highest BCUT2D eigenvalue weighted by Gasteiger charge is 2.11. The predicted octanol–water partition coefficient (Wildman–Crippen LogP) is 4.68. The summed E-state index contributed by atoms with van der Waals surface area (Å²) in [6.07, 6.45) is 1.59. The van der Waals surface area contributed by atoms with Crippen LogP contribution in [0.25, 0.3) is 22.6 Å². The van der Waals surface area contributed by atoms with Crippen LogP contribution in [0.2, 0.25) is 0 Å². The highest BCUT2D eigenvalue weighted by atomic mass is 16.5. The first-order valence-electron chi connectivity index (χ1n) is 9.48. The number of benzene rings is 2. The monoisotopic (exact) mass is 402 g/mol. The molecule has 0 saturated heterocycles. The van der Waals surface area contributed by atoms with Gasteiger partial charge in [0.25, 0.3) is 0 Å². The van der Waals surface area contributed by atoms with Gasteiger partial charge in [0.2, 0.25) is 0 Å². The van der Waals surface area contributed by atoms with Crippen molar-refractivity contribution in [1.29, 1.82) is 0 Å². The number of hydrogen-bond acceptors (Lipinski definition) is 4. The third-order valence-electron chi connectivity index (χ3n) is 4.73. The summed E-state index contributed by atoms with van der Waals surface area (Å²) in [5, 5.41) is 10.0. The van der Waals surface area contributed by atoms with Gasteiger partial charge in [0.15, 0.2) is 5.76 Å². The first-order valence-corrected chi connectivity index (χ1v) is 9.48. The van der Waals surface area contributed by atoms with Crippen LogP contribution in [-0.2, 0) is 13.6 Å². The molecule has 4 aromatic rings. The van der Waals surface area contributed by atoms with E-state index in [1.54, 1.807) is 37.2 Å². The van der Waals surface area contributed by atoms with E-state index in [4.69, 9.17) is 9.15 Å². The van der Waals surface area contributed by atoms with E-state index in [1.165, 1.54) is 0 Å². The van der Waals surface area contributed by atoms with Crippen molar-refractivity contribution in [3.8, 4) is 28.3 Å². The number of methoxy groups -OCH3 is 1. The molecule has 152 valence electrons. The minimum atomic E-state index is -0.303. The molecular weight excluding hydrogens is 380 g/mol. The summed E-state index contributed by atoms with van der Waals surface area (Å²) >= 11 is 0. The van der Waals surface area contributed by atoms with Gasteiger partial charge in [-0.05, 0) is 41.0 Å². The summed E-state index contributed by atoms with van der Waals surface area (Å²) in [5.41, 5.74) is 3.87. The number of aryl methyl sites for hydroxylation is 1. The maximum Gasteiger partial charge on any atom is 0.320 e. The third kappa shape index (κ3) is 4.35. The second-order valence-electron chi connectivity index (χ2n) is 6.75. The van der Waals surface area contributed by atoms with Crippen LogP contribution < -0.4 is 15.4 Å². The van der Waals surface area contributed by atoms with Crippen LogP contribution in [0, 0.1) is 0 Å². The molecule has 0 unspecified atom stereocenters. The molecule has 2 aromatic heterocycles. The summed E-state index contributed by atoms with van der Waals surface area (Å²) in [6.45, 7) is 0.414. The average molecular weight is 402 g/mol. The first kappa shape index (κ1) is 19.3. The molecule has 0 aliphatic carbocycles. The lowest BCUT2D eigenvalue weighted by molar-refractivity contribution is 0.251. The van der Waals surface area contributed by atoms with Crippen molar-refractivity contribution < 1.29 is 13.9 Å². The van der Waals surface area contributed by atoms with Crippen LogP contribution >= 0.6 is 0 Å². The zero-order chi connectivity index (χ0) is 20.9. The molecule has 0 radical (unpaired) electrons.